The van der Waals surface area contributed by atoms with Crippen molar-refractivity contribution in [3.05, 3.63) is 47.8 Å². The number of benzene rings is 2. The zero-order valence-electron chi connectivity index (χ0n) is 11.6. The standard InChI is InChI=1S/C16H17ClFNO/c1-11(17)9-10-19(2)16(20)14-7-8-15(18)13-6-4-3-5-12(13)14/h3-8,11H,9-10H2,1-2H3. The molecule has 1 atom stereocenters. The highest BCUT2D eigenvalue weighted by atomic mass is 35.5. The lowest BCUT2D eigenvalue weighted by Crippen LogP contribution is -2.29. The van der Waals surface area contributed by atoms with Crippen LogP contribution in [0, 0.1) is 5.82 Å². The second kappa shape index (κ2) is 6.23. The molecule has 2 aromatic carbocycles. The maximum atomic E-state index is 13.7. The summed E-state index contributed by atoms with van der Waals surface area (Å²) >= 11 is 5.90. The molecule has 0 aliphatic carbocycles. The molecule has 1 amide bonds. The van der Waals surface area contributed by atoms with Gasteiger partial charge < -0.3 is 4.90 Å². The highest BCUT2D eigenvalue weighted by molar-refractivity contribution is 6.20. The molecule has 0 aliphatic heterocycles. The molecule has 0 N–H and O–H groups in total. The van der Waals surface area contributed by atoms with Crippen LogP contribution in [0.25, 0.3) is 10.8 Å². The summed E-state index contributed by atoms with van der Waals surface area (Å²) in [5.74, 6) is -0.423. The summed E-state index contributed by atoms with van der Waals surface area (Å²) in [5, 5.41) is 1.14. The molecular weight excluding hydrogens is 277 g/mol. The summed E-state index contributed by atoms with van der Waals surface area (Å²) in [6, 6.07) is 9.90. The Balaban J connectivity index is 2.33. The van der Waals surface area contributed by atoms with Crippen LogP contribution >= 0.6 is 11.6 Å². The van der Waals surface area contributed by atoms with Crippen LogP contribution in [0.15, 0.2) is 36.4 Å². The van der Waals surface area contributed by atoms with Gasteiger partial charge in [-0.2, -0.15) is 0 Å². The summed E-state index contributed by atoms with van der Waals surface area (Å²) in [6.07, 6.45) is 0.725. The van der Waals surface area contributed by atoms with Gasteiger partial charge in [-0.3, -0.25) is 4.79 Å². The van der Waals surface area contributed by atoms with Gasteiger partial charge in [0.15, 0.2) is 0 Å². The summed E-state index contributed by atoms with van der Waals surface area (Å²) in [6.45, 7) is 2.47. The van der Waals surface area contributed by atoms with Gasteiger partial charge in [0.05, 0.1) is 0 Å². The topological polar surface area (TPSA) is 20.3 Å². The van der Waals surface area contributed by atoms with Crippen LogP contribution in [0.3, 0.4) is 0 Å². The second-order valence-corrected chi connectivity index (χ2v) is 5.68. The highest BCUT2D eigenvalue weighted by Crippen LogP contribution is 2.23. The Kier molecular flexibility index (Phi) is 4.61. The van der Waals surface area contributed by atoms with Gasteiger partial charge in [0.1, 0.15) is 5.82 Å². The molecule has 0 bridgehead atoms. The number of carbonyl (C=O) groups is 1. The van der Waals surface area contributed by atoms with Crippen molar-refractivity contribution in [2.75, 3.05) is 13.6 Å². The van der Waals surface area contributed by atoms with Gasteiger partial charge in [-0.25, -0.2) is 4.39 Å². The van der Waals surface area contributed by atoms with Gasteiger partial charge in [0.25, 0.3) is 5.91 Å². The van der Waals surface area contributed by atoms with E-state index in [9.17, 15) is 9.18 Å². The van der Waals surface area contributed by atoms with Crippen molar-refractivity contribution >= 4 is 28.3 Å². The maximum Gasteiger partial charge on any atom is 0.254 e. The fourth-order valence-electron chi connectivity index (χ4n) is 2.13. The first-order chi connectivity index (χ1) is 9.50. The van der Waals surface area contributed by atoms with E-state index in [0.29, 0.717) is 22.9 Å². The number of fused-ring (bicyclic) bond motifs is 1. The molecule has 0 spiro atoms. The fraction of sp³-hybridized carbons (Fsp3) is 0.312. The Morgan fingerprint density at radius 1 is 1.25 bits per heavy atom. The molecule has 1 unspecified atom stereocenters. The van der Waals surface area contributed by atoms with Gasteiger partial charge in [0.2, 0.25) is 0 Å². The van der Waals surface area contributed by atoms with Gasteiger partial charge in [0, 0.05) is 29.9 Å². The van der Waals surface area contributed by atoms with Gasteiger partial charge in [-0.05, 0) is 30.9 Å². The predicted octanol–water partition coefficient (Wildman–Crippen LogP) is 4.07. The molecule has 4 heteroatoms. The molecule has 2 aromatic rings. The zero-order valence-corrected chi connectivity index (χ0v) is 12.3. The number of rotatable bonds is 4. The summed E-state index contributed by atoms with van der Waals surface area (Å²) in [5.41, 5.74) is 0.520. The minimum absolute atomic E-state index is 0.0233. The van der Waals surface area contributed by atoms with E-state index in [-0.39, 0.29) is 17.1 Å². The third-order valence-electron chi connectivity index (χ3n) is 3.31. The molecule has 2 nitrogen and oxygen atoms in total. The summed E-state index contributed by atoms with van der Waals surface area (Å²) in [4.78, 5) is 14.1. The molecule has 20 heavy (non-hydrogen) atoms. The molecule has 106 valence electrons. The van der Waals surface area contributed by atoms with Crippen LogP contribution in [0.1, 0.15) is 23.7 Å². The van der Waals surface area contributed by atoms with Crippen molar-refractivity contribution in [1.29, 1.82) is 0 Å². The third-order valence-corrected chi connectivity index (χ3v) is 3.53. The van der Waals surface area contributed by atoms with Crippen molar-refractivity contribution < 1.29 is 9.18 Å². The van der Waals surface area contributed by atoms with E-state index in [1.165, 1.54) is 6.07 Å². The van der Waals surface area contributed by atoms with Crippen LogP contribution in [0.2, 0.25) is 0 Å². The molecule has 0 saturated carbocycles. The smallest absolute Gasteiger partial charge is 0.254 e. The Morgan fingerprint density at radius 3 is 2.55 bits per heavy atom. The maximum absolute atomic E-state index is 13.7. The van der Waals surface area contributed by atoms with Crippen LogP contribution in [0.4, 0.5) is 4.39 Å². The average molecular weight is 294 g/mol. The average Bonchev–Trinajstić information content (AvgIpc) is 2.44. The van der Waals surface area contributed by atoms with Crippen molar-refractivity contribution in [3.63, 3.8) is 0 Å². The van der Waals surface area contributed by atoms with E-state index < -0.39 is 0 Å². The Morgan fingerprint density at radius 2 is 1.90 bits per heavy atom. The fourth-order valence-corrected chi connectivity index (χ4v) is 2.23. The number of carbonyl (C=O) groups excluding carboxylic acids is 1. The summed E-state index contributed by atoms with van der Waals surface area (Å²) in [7, 11) is 1.74. The van der Waals surface area contributed by atoms with E-state index in [2.05, 4.69) is 0 Å². The van der Waals surface area contributed by atoms with Crippen molar-refractivity contribution in [3.8, 4) is 0 Å². The Bertz CT molecular complexity index is 627. The largest absolute Gasteiger partial charge is 0.342 e. The monoisotopic (exact) mass is 293 g/mol. The first-order valence-electron chi connectivity index (χ1n) is 6.57. The molecule has 0 radical (unpaired) electrons. The van der Waals surface area contributed by atoms with Crippen LogP contribution in [-0.2, 0) is 0 Å². The molecule has 0 heterocycles. The lowest BCUT2D eigenvalue weighted by molar-refractivity contribution is 0.0795. The molecular formula is C16H17ClFNO. The summed E-state index contributed by atoms with van der Waals surface area (Å²) < 4.78 is 13.7. The first kappa shape index (κ1) is 14.8. The first-order valence-corrected chi connectivity index (χ1v) is 7.01. The van der Waals surface area contributed by atoms with Gasteiger partial charge in [-0.15, -0.1) is 11.6 Å². The molecule has 2 rings (SSSR count). The SMILES string of the molecule is CC(Cl)CCN(C)C(=O)c1ccc(F)c2ccccc12. The van der Waals surface area contributed by atoms with Gasteiger partial charge >= 0.3 is 0 Å². The third kappa shape index (κ3) is 3.10. The number of nitrogens with zero attached hydrogens (tertiary/aromatic N) is 1. The molecule has 0 saturated heterocycles. The second-order valence-electron chi connectivity index (χ2n) is 4.94. The lowest BCUT2D eigenvalue weighted by Gasteiger charge is -2.19. The Labute approximate surface area is 123 Å². The number of alkyl halides is 1. The molecule has 0 aromatic heterocycles. The molecule has 0 aliphatic rings. The van der Waals surface area contributed by atoms with E-state index >= 15 is 0 Å². The number of hydrogen-bond donors (Lipinski definition) is 0. The minimum atomic E-state index is -0.311. The lowest BCUT2D eigenvalue weighted by atomic mass is 10.0. The quantitative estimate of drug-likeness (QED) is 0.778. The van der Waals surface area contributed by atoms with E-state index in [0.717, 1.165) is 6.42 Å². The van der Waals surface area contributed by atoms with Crippen LogP contribution in [-0.4, -0.2) is 29.8 Å². The van der Waals surface area contributed by atoms with Crippen LogP contribution < -0.4 is 0 Å². The molecule has 0 fully saturated rings. The van der Waals surface area contributed by atoms with E-state index in [4.69, 9.17) is 11.6 Å². The van der Waals surface area contributed by atoms with Crippen molar-refractivity contribution in [2.24, 2.45) is 0 Å². The zero-order chi connectivity index (χ0) is 14.7. The van der Waals surface area contributed by atoms with Crippen LogP contribution in [0.5, 0.6) is 0 Å². The van der Waals surface area contributed by atoms with Gasteiger partial charge in [-0.1, -0.05) is 24.3 Å². The number of amides is 1. The van der Waals surface area contributed by atoms with E-state index in [1.54, 1.807) is 42.3 Å². The predicted molar refractivity (Wildman–Crippen MR) is 80.8 cm³/mol. The minimum Gasteiger partial charge on any atom is -0.342 e. The van der Waals surface area contributed by atoms with Crippen molar-refractivity contribution in [2.45, 2.75) is 18.7 Å². The van der Waals surface area contributed by atoms with Crippen molar-refractivity contribution in [1.82, 2.24) is 4.90 Å². The number of hydrogen-bond acceptors (Lipinski definition) is 1. The Hall–Kier alpha value is -1.61. The van der Waals surface area contributed by atoms with E-state index in [1.807, 2.05) is 6.92 Å². The normalized spacial score (nSPS) is 12.4. The number of halogens is 2. The highest BCUT2D eigenvalue weighted by Gasteiger charge is 2.16.